The summed E-state index contributed by atoms with van der Waals surface area (Å²) >= 11 is 0. The van der Waals surface area contributed by atoms with Crippen LogP contribution < -0.4 is 4.72 Å². The highest BCUT2D eigenvalue weighted by molar-refractivity contribution is 7.89. The molecule has 12 heavy (non-hydrogen) atoms. The molecule has 0 rings (SSSR count). The highest BCUT2D eigenvalue weighted by Gasteiger charge is 2.18. The maximum Gasteiger partial charge on any atom is 0.421 e. The van der Waals surface area contributed by atoms with Gasteiger partial charge in [-0.1, -0.05) is 0 Å². The van der Waals surface area contributed by atoms with Crippen LogP contribution in [0.2, 0.25) is 0 Å². The number of rotatable bonds is 1. The third-order valence-corrected chi connectivity index (χ3v) is 1.21. The van der Waals surface area contributed by atoms with Crippen molar-refractivity contribution in [2.24, 2.45) is 0 Å². The van der Waals surface area contributed by atoms with Crippen molar-refractivity contribution in [3.8, 4) is 0 Å². The molecule has 0 aromatic rings. The summed E-state index contributed by atoms with van der Waals surface area (Å²) in [6, 6.07) is 0. The zero-order valence-electron chi connectivity index (χ0n) is 7.54. The standard InChI is InChI=1S/C6H13NO4S.H2/c1-6(2,3)11-5(8)7-12(4,9)10;/h1-4H3,(H,7,8);1H. The van der Waals surface area contributed by atoms with Crippen LogP contribution in [0.25, 0.3) is 0 Å². The van der Waals surface area contributed by atoms with Gasteiger partial charge in [0.2, 0.25) is 10.0 Å². The second-order valence-corrected chi connectivity index (χ2v) is 5.12. The van der Waals surface area contributed by atoms with Crippen molar-refractivity contribution in [2.75, 3.05) is 6.26 Å². The van der Waals surface area contributed by atoms with Crippen molar-refractivity contribution in [3.05, 3.63) is 0 Å². The first-order valence-electron chi connectivity index (χ1n) is 3.31. The molecule has 0 aliphatic rings. The Labute approximate surface area is 73.6 Å². The first-order valence-corrected chi connectivity index (χ1v) is 5.20. The lowest BCUT2D eigenvalue weighted by molar-refractivity contribution is 0.0570. The molecule has 0 aromatic carbocycles. The third kappa shape index (κ3) is 7.33. The van der Waals surface area contributed by atoms with Gasteiger partial charge >= 0.3 is 6.09 Å². The molecular weight excluding hydrogens is 182 g/mol. The van der Waals surface area contributed by atoms with E-state index in [0.717, 1.165) is 6.26 Å². The number of sulfonamides is 1. The van der Waals surface area contributed by atoms with Gasteiger partial charge in [-0.2, -0.15) is 0 Å². The summed E-state index contributed by atoms with van der Waals surface area (Å²) in [5.74, 6) is 0. The van der Waals surface area contributed by atoms with Crippen LogP contribution in [0.5, 0.6) is 0 Å². The highest BCUT2D eigenvalue weighted by atomic mass is 32.2. The molecule has 0 aliphatic carbocycles. The minimum absolute atomic E-state index is 0. The molecule has 0 fully saturated rings. The Balaban J connectivity index is 0. The monoisotopic (exact) mass is 197 g/mol. The Bertz CT molecular complexity index is 267. The first kappa shape index (κ1) is 11.2. The Morgan fingerprint density at radius 2 is 1.83 bits per heavy atom. The maximum atomic E-state index is 10.8. The normalized spacial score (nSPS) is 12.3. The number of hydrogen-bond acceptors (Lipinski definition) is 4. The molecule has 0 aliphatic heterocycles. The first-order chi connectivity index (χ1) is 5.10. The third-order valence-electron chi connectivity index (χ3n) is 0.668. The summed E-state index contributed by atoms with van der Waals surface area (Å²) in [6.07, 6.45) is -0.0679. The van der Waals surface area contributed by atoms with Crippen LogP contribution in [0, 0.1) is 0 Å². The zero-order chi connectivity index (χ0) is 9.99. The minimum atomic E-state index is -3.52. The van der Waals surface area contributed by atoms with Crippen LogP contribution in [0.4, 0.5) is 4.79 Å². The summed E-state index contributed by atoms with van der Waals surface area (Å²) in [5.41, 5.74) is -0.686. The molecule has 0 radical (unpaired) electrons. The Hall–Kier alpha value is -0.780. The molecule has 74 valence electrons. The van der Waals surface area contributed by atoms with Crippen LogP contribution >= 0.6 is 0 Å². The van der Waals surface area contributed by atoms with Gasteiger partial charge < -0.3 is 4.74 Å². The minimum Gasteiger partial charge on any atom is -0.443 e. The summed E-state index contributed by atoms with van der Waals surface area (Å²) < 4.78 is 27.4. The van der Waals surface area contributed by atoms with Crippen LogP contribution in [0.1, 0.15) is 22.2 Å². The molecule has 0 unspecified atom stereocenters. The summed E-state index contributed by atoms with van der Waals surface area (Å²) in [5, 5.41) is 0. The zero-order valence-corrected chi connectivity index (χ0v) is 8.36. The summed E-state index contributed by atoms with van der Waals surface area (Å²) in [4.78, 5) is 10.8. The SMILES string of the molecule is CC(C)(C)OC(=O)NS(C)(=O)=O.[HH]. The number of carbonyl (C=O) groups is 1. The summed E-state index contributed by atoms with van der Waals surface area (Å²) in [7, 11) is -3.52. The van der Waals surface area contributed by atoms with Crippen molar-refractivity contribution in [1.82, 2.24) is 4.72 Å². The fourth-order valence-electron chi connectivity index (χ4n) is 0.450. The van der Waals surface area contributed by atoms with E-state index >= 15 is 0 Å². The predicted molar refractivity (Wildman–Crippen MR) is 46.3 cm³/mol. The van der Waals surface area contributed by atoms with Gasteiger partial charge in [0.05, 0.1) is 6.26 Å². The Morgan fingerprint density at radius 1 is 1.42 bits per heavy atom. The smallest absolute Gasteiger partial charge is 0.421 e. The van der Waals surface area contributed by atoms with Crippen molar-refractivity contribution in [3.63, 3.8) is 0 Å². The van der Waals surface area contributed by atoms with Gasteiger partial charge in [0.15, 0.2) is 0 Å². The molecule has 0 aromatic heterocycles. The fraction of sp³-hybridized carbons (Fsp3) is 0.833. The van der Waals surface area contributed by atoms with Crippen molar-refractivity contribution < 1.29 is 19.4 Å². The number of nitrogens with one attached hydrogen (secondary N) is 1. The van der Waals surface area contributed by atoms with E-state index in [-0.39, 0.29) is 1.43 Å². The molecule has 0 atom stereocenters. The number of carbonyl (C=O) groups excluding carboxylic acids is 1. The Kier molecular flexibility index (Phi) is 3.09. The molecule has 0 saturated heterocycles. The molecule has 6 heteroatoms. The number of amides is 1. The van der Waals surface area contributed by atoms with Crippen LogP contribution in [0.3, 0.4) is 0 Å². The highest BCUT2D eigenvalue weighted by Crippen LogP contribution is 2.06. The molecule has 0 spiro atoms. The molecule has 1 amide bonds. The van der Waals surface area contributed by atoms with E-state index in [0.29, 0.717) is 0 Å². The van der Waals surface area contributed by atoms with Crippen molar-refractivity contribution in [1.29, 1.82) is 0 Å². The van der Waals surface area contributed by atoms with E-state index in [9.17, 15) is 13.2 Å². The van der Waals surface area contributed by atoms with E-state index in [2.05, 4.69) is 4.74 Å². The van der Waals surface area contributed by atoms with Crippen molar-refractivity contribution >= 4 is 16.1 Å². The summed E-state index contributed by atoms with van der Waals surface area (Å²) in [6.45, 7) is 4.94. The Morgan fingerprint density at radius 3 is 2.08 bits per heavy atom. The molecule has 5 nitrogen and oxygen atoms in total. The van der Waals surface area contributed by atoms with Crippen molar-refractivity contribution in [2.45, 2.75) is 26.4 Å². The van der Waals surface area contributed by atoms with Gasteiger partial charge in [-0.3, -0.25) is 0 Å². The van der Waals surface area contributed by atoms with Gasteiger partial charge in [-0.05, 0) is 20.8 Å². The van der Waals surface area contributed by atoms with Crippen LogP contribution in [-0.2, 0) is 14.8 Å². The average Bonchev–Trinajstić information content (AvgIpc) is 1.49. The van der Waals surface area contributed by atoms with E-state index in [4.69, 9.17) is 0 Å². The van der Waals surface area contributed by atoms with E-state index in [1.54, 1.807) is 25.5 Å². The van der Waals surface area contributed by atoms with Gasteiger partial charge in [0.1, 0.15) is 5.60 Å². The number of ether oxygens (including phenoxy) is 1. The maximum absolute atomic E-state index is 10.8. The van der Waals surface area contributed by atoms with E-state index < -0.39 is 21.7 Å². The second-order valence-electron chi connectivity index (χ2n) is 3.38. The van der Waals surface area contributed by atoms with Gasteiger partial charge in [0, 0.05) is 1.43 Å². The quantitative estimate of drug-likeness (QED) is 0.672. The number of hydrogen-bond donors (Lipinski definition) is 1. The average molecular weight is 197 g/mol. The molecule has 1 N–H and O–H groups in total. The predicted octanol–water partition coefficient (Wildman–Crippen LogP) is 0.717. The van der Waals surface area contributed by atoms with Crippen LogP contribution in [-0.4, -0.2) is 26.4 Å². The lowest BCUT2D eigenvalue weighted by atomic mass is 10.2. The van der Waals surface area contributed by atoms with Gasteiger partial charge in [-0.25, -0.2) is 17.9 Å². The van der Waals surface area contributed by atoms with E-state index in [1.807, 2.05) is 0 Å². The largest absolute Gasteiger partial charge is 0.443 e. The van der Waals surface area contributed by atoms with E-state index in [1.165, 1.54) is 0 Å². The molecule has 0 bridgehead atoms. The fourth-order valence-corrected chi connectivity index (χ4v) is 0.795. The van der Waals surface area contributed by atoms with Gasteiger partial charge in [0.25, 0.3) is 0 Å². The van der Waals surface area contributed by atoms with Crippen LogP contribution in [0.15, 0.2) is 0 Å². The molecule has 0 saturated carbocycles. The topological polar surface area (TPSA) is 72.5 Å². The molecular formula is C6H15NO4S. The second kappa shape index (κ2) is 3.30. The van der Waals surface area contributed by atoms with Gasteiger partial charge in [-0.15, -0.1) is 0 Å². The molecule has 0 heterocycles. The lowest BCUT2D eigenvalue weighted by Crippen LogP contribution is -2.35. The lowest BCUT2D eigenvalue weighted by Gasteiger charge is -2.18.